The molecule has 0 aliphatic heterocycles. The Balaban J connectivity index is 2.79. The van der Waals surface area contributed by atoms with E-state index < -0.39 is 11.6 Å². The zero-order chi connectivity index (χ0) is 9.68. The van der Waals surface area contributed by atoms with E-state index in [-0.39, 0.29) is 5.69 Å². The zero-order valence-electron chi connectivity index (χ0n) is 6.46. The topological polar surface area (TPSA) is 48.2 Å². The molecule has 0 spiro atoms. The van der Waals surface area contributed by atoms with Gasteiger partial charge in [0.25, 0.3) is 0 Å². The van der Waals surface area contributed by atoms with E-state index in [1.807, 2.05) is 0 Å². The lowest BCUT2D eigenvalue weighted by Crippen LogP contribution is -1.92. The second kappa shape index (κ2) is 4.16. The van der Waals surface area contributed by atoms with Gasteiger partial charge in [-0.3, -0.25) is 5.43 Å². The first kappa shape index (κ1) is 9.13. The molecule has 0 bridgehead atoms. The number of halogens is 2. The van der Waals surface area contributed by atoms with Crippen LogP contribution in [0.4, 0.5) is 14.5 Å². The molecule has 0 unspecified atom stereocenters. The predicted octanol–water partition coefficient (Wildman–Crippen LogP) is 1.89. The zero-order valence-corrected chi connectivity index (χ0v) is 6.46. The van der Waals surface area contributed by atoms with Crippen LogP contribution < -0.4 is 5.43 Å². The lowest BCUT2D eigenvalue weighted by atomic mass is 10.3. The quantitative estimate of drug-likeness (QED) is 0.559. The minimum atomic E-state index is -0.755. The second-order valence-corrected chi connectivity index (χ2v) is 2.12. The van der Waals surface area contributed by atoms with Gasteiger partial charge >= 0.3 is 0 Å². The monoisotopic (exact) mass is 181 g/mol. The Kier molecular flexibility index (Phi) is 2.92. The van der Waals surface area contributed by atoms with Gasteiger partial charge in [0.2, 0.25) is 0 Å². The molecule has 1 N–H and O–H groups in total. The van der Waals surface area contributed by atoms with Crippen LogP contribution in [0.3, 0.4) is 0 Å². The highest BCUT2D eigenvalue weighted by molar-refractivity contribution is 5.75. The number of hydrogen-bond acceptors (Lipinski definition) is 3. The molecule has 0 fully saturated rings. The summed E-state index contributed by atoms with van der Waals surface area (Å²) in [7, 11) is 0. The molecule has 0 atom stereocenters. The lowest BCUT2D eigenvalue weighted by molar-refractivity contribution is 0.585. The Labute approximate surface area is 73.3 Å². The third kappa shape index (κ3) is 2.52. The van der Waals surface area contributed by atoms with Gasteiger partial charge in [-0.05, 0) is 12.1 Å². The van der Waals surface area contributed by atoms with Crippen LogP contribution in [0.5, 0.6) is 0 Å². The fourth-order valence-electron chi connectivity index (χ4n) is 0.711. The number of anilines is 1. The van der Waals surface area contributed by atoms with Crippen molar-refractivity contribution in [1.82, 2.24) is 0 Å². The van der Waals surface area contributed by atoms with E-state index in [1.165, 1.54) is 6.07 Å². The highest BCUT2D eigenvalue weighted by Crippen LogP contribution is 2.14. The summed E-state index contributed by atoms with van der Waals surface area (Å²) in [4.78, 5) is 0. The van der Waals surface area contributed by atoms with E-state index in [0.717, 1.165) is 18.3 Å². The second-order valence-electron chi connectivity index (χ2n) is 2.12. The van der Waals surface area contributed by atoms with E-state index in [4.69, 9.17) is 5.26 Å². The Morgan fingerprint density at radius 1 is 1.46 bits per heavy atom. The first-order valence-corrected chi connectivity index (χ1v) is 3.36. The maximum atomic E-state index is 12.8. The number of hydrazone groups is 1. The normalized spacial score (nSPS) is 9.92. The van der Waals surface area contributed by atoms with Crippen LogP contribution >= 0.6 is 0 Å². The van der Waals surface area contributed by atoms with Crippen LogP contribution in [0, 0.1) is 23.0 Å². The van der Waals surface area contributed by atoms with Gasteiger partial charge in [-0.15, -0.1) is 0 Å². The fourth-order valence-corrected chi connectivity index (χ4v) is 0.711. The third-order valence-corrected chi connectivity index (χ3v) is 1.24. The summed E-state index contributed by atoms with van der Waals surface area (Å²) in [5.74, 6) is -1.41. The molecule has 0 amide bonds. The molecule has 1 aromatic rings. The third-order valence-electron chi connectivity index (χ3n) is 1.24. The maximum absolute atomic E-state index is 12.8. The molecule has 3 nitrogen and oxygen atoms in total. The van der Waals surface area contributed by atoms with Gasteiger partial charge in [-0.2, -0.15) is 10.4 Å². The number of benzene rings is 1. The summed E-state index contributed by atoms with van der Waals surface area (Å²) < 4.78 is 25.2. The first-order chi connectivity index (χ1) is 6.24. The van der Waals surface area contributed by atoms with Crippen molar-refractivity contribution in [2.45, 2.75) is 0 Å². The molecule has 66 valence electrons. The van der Waals surface area contributed by atoms with Crippen molar-refractivity contribution in [2.75, 3.05) is 5.43 Å². The molecule has 5 heteroatoms. The van der Waals surface area contributed by atoms with Crippen molar-refractivity contribution in [3.05, 3.63) is 29.8 Å². The summed E-state index contributed by atoms with van der Waals surface area (Å²) in [6.07, 6.45) is 0.906. The molecule has 0 aliphatic rings. The Morgan fingerprint density at radius 2 is 2.23 bits per heavy atom. The molecule has 0 radical (unpaired) electrons. The maximum Gasteiger partial charge on any atom is 0.151 e. The van der Waals surface area contributed by atoms with Crippen LogP contribution in [-0.2, 0) is 0 Å². The van der Waals surface area contributed by atoms with Gasteiger partial charge in [-0.25, -0.2) is 8.78 Å². The van der Waals surface area contributed by atoms with E-state index >= 15 is 0 Å². The predicted molar refractivity (Wildman–Crippen MR) is 44.1 cm³/mol. The standard InChI is InChI=1S/C8H5F2N3/c9-6-1-2-8(7(10)5-6)13-12-4-3-11/h1-2,4-5,13H/b12-4+. The Morgan fingerprint density at radius 3 is 2.85 bits per heavy atom. The van der Waals surface area contributed by atoms with Gasteiger partial charge in [0.15, 0.2) is 5.82 Å². The van der Waals surface area contributed by atoms with Crippen LogP contribution in [-0.4, -0.2) is 6.21 Å². The smallest absolute Gasteiger partial charge is 0.151 e. The van der Waals surface area contributed by atoms with Crippen molar-refractivity contribution in [3.63, 3.8) is 0 Å². The largest absolute Gasteiger partial charge is 0.275 e. The molecule has 1 rings (SSSR count). The molecular weight excluding hydrogens is 176 g/mol. The minimum Gasteiger partial charge on any atom is -0.275 e. The number of rotatable bonds is 2. The molecule has 1 aromatic carbocycles. The summed E-state index contributed by atoms with van der Waals surface area (Å²) in [5.41, 5.74) is 2.27. The summed E-state index contributed by atoms with van der Waals surface area (Å²) in [6, 6.07) is 4.63. The number of nitrogens with zero attached hydrogens (tertiary/aromatic N) is 2. The Hall–Kier alpha value is -1.96. The van der Waals surface area contributed by atoms with Crippen LogP contribution in [0.15, 0.2) is 23.3 Å². The van der Waals surface area contributed by atoms with E-state index in [1.54, 1.807) is 6.07 Å². The van der Waals surface area contributed by atoms with Crippen molar-refractivity contribution >= 4 is 11.9 Å². The molecule has 0 aliphatic carbocycles. The van der Waals surface area contributed by atoms with Crippen molar-refractivity contribution in [2.24, 2.45) is 5.10 Å². The van der Waals surface area contributed by atoms with Crippen molar-refractivity contribution in [1.29, 1.82) is 5.26 Å². The molecule has 0 saturated carbocycles. The van der Waals surface area contributed by atoms with E-state index in [0.29, 0.717) is 0 Å². The highest BCUT2D eigenvalue weighted by Gasteiger charge is 2.00. The highest BCUT2D eigenvalue weighted by atomic mass is 19.1. The first-order valence-electron chi connectivity index (χ1n) is 3.36. The number of nitrogens with one attached hydrogen (secondary N) is 1. The molecule has 0 heterocycles. The fraction of sp³-hybridized carbons (Fsp3) is 0. The van der Waals surface area contributed by atoms with Crippen molar-refractivity contribution < 1.29 is 8.78 Å². The van der Waals surface area contributed by atoms with Gasteiger partial charge in [0, 0.05) is 6.07 Å². The number of nitriles is 1. The van der Waals surface area contributed by atoms with Crippen LogP contribution in [0.1, 0.15) is 0 Å². The summed E-state index contributed by atoms with van der Waals surface area (Å²) in [6.45, 7) is 0. The van der Waals surface area contributed by atoms with Crippen LogP contribution in [0.25, 0.3) is 0 Å². The van der Waals surface area contributed by atoms with Gasteiger partial charge in [0.05, 0.1) is 5.69 Å². The summed E-state index contributed by atoms with van der Waals surface area (Å²) >= 11 is 0. The van der Waals surface area contributed by atoms with Gasteiger partial charge in [0.1, 0.15) is 18.1 Å². The van der Waals surface area contributed by atoms with Crippen molar-refractivity contribution in [3.8, 4) is 6.07 Å². The Bertz CT molecular complexity index is 368. The average Bonchev–Trinajstić information content (AvgIpc) is 2.09. The molecule has 0 saturated heterocycles. The number of hydrogen-bond donors (Lipinski definition) is 1. The molecule has 0 aromatic heterocycles. The van der Waals surface area contributed by atoms with Gasteiger partial charge in [-0.1, -0.05) is 0 Å². The lowest BCUT2D eigenvalue weighted by Gasteiger charge is -1.99. The summed E-state index contributed by atoms with van der Waals surface area (Å²) in [5, 5.41) is 11.4. The SMILES string of the molecule is N#C/C=N/Nc1ccc(F)cc1F. The molecule has 13 heavy (non-hydrogen) atoms. The van der Waals surface area contributed by atoms with E-state index in [2.05, 4.69) is 10.5 Å². The van der Waals surface area contributed by atoms with E-state index in [9.17, 15) is 8.78 Å². The average molecular weight is 181 g/mol. The van der Waals surface area contributed by atoms with Crippen LogP contribution in [0.2, 0.25) is 0 Å². The van der Waals surface area contributed by atoms with Gasteiger partial charge < -0.3 is 0 Å². The molecular formula is C8H5F2N3. The minimum absolute atomic E-state index is 0.0212.